The maximum absolute atomic E-state index is 11.1. The number of carbonyl (C=O) groups is 1. The Morgan fingerprint density at radius 3 is 2.67 bits per heavy atom. The third-order valence-corrected chi connectivity index (χ3v) is 3.15. The van der Waals surface area contributed by atoms with Crippen LogP contribution in [0.4, 0.5) is 0 Å². The number of thiophene rings is 1. The Balaban J connectivity index is 2.18. The van der Waals surface area contributed by atoms with E-state index in [2.05, 4.69) is 0 Å². The summed E-state index contributed by atoms with van der Waals surface area (Å²) in [6.07, 6.45) is 4.11. The van der Waals surface area contributed by atoms with Crippen molar-refractivity contribution in [1.82, 2.24) is 4.57 Å². The fraction of sp³-hybridized carbons (Fsp3) is 0.182. The van der Waals surface area contributed by atoms with Crippen molar-refractivity contribution < 1.29 is 9.90 Å². The van der Waals surface area contributed by atoms with E-state index in [-0.39, 0.29) is 0 Å². The van der Waals surface area contributed by atoms with Crippen LogP contribution in [0.1, 0.15) is 10.9 Å². The number of carboxylic acids is 1. The zero-order valence-corrected chi connectivity index (χ0v) is 8.85. The molecule has 0 fully saturated rings. The monoisotopic (exact) mass is 221 g/mol. The van der Waals surface area contributed by atoms with Gasteiger partial charge in [0, 0.05) is 23.7 Å². The van der Waals surface area contributed by atoms with Crippen LogP contribution in [-0.4, -0.2) is 15.6 Å². The molecule has 78 valence electrons. The average Bonchev–Trinajstić information content (AvgIpc) is 2.87. The number of hydrogen-bond acceptors (Lipinski definition) is 2. The second kappa shape index (κ2) is 4.31. The molecule has 0 aromatic carbocycles. The Hall–Kier alpha value is -1.55. The van der Waals surface area contributed by atoms with Crippen LogP contribution >= 0.6 is 11.3 Å². The van der Waals surface area contributed by atoms with Crippen LogP contribution < -0.4 is 0 Å². The van der Waals surface area contributed by atoms with Crippen molar-refractivity contribution in [2.75, 3.05) is 0 Å². The minimum Gasteiger partial charge on any atom is -0.480 e. The predicted octanol–water partition coefficient (Wildman–Crippen LogP) is 2.42. The van der Waals surface area contributed by atoms with Crippen molar-refractivity contribution >= 4 is 17.3 Å². The Labute approximate surface area is 91.6 Å². The van der Waals surface area contributed by atoms with Crippen LogP contribution in [0.25, 0.3) is 0 Å². The standard InChI is InChI=1S/C11H11NO2S/c13-11(14)10(12-5-1-2-6-12)8-9-4-3-7-15-9/h1-7,10H,8H2,(H,13,14). The van der Waals surface area contributed by atoms with Gasteiger partial charge < -0.3 is 9.67 Å². The van der Waals surface area contributed by atoms with Crippen LogP contribution in [0.3, 0.4) is 0 Å². The molecule has 0 aliphatic heterocycles. The van der Waals surface area contributed by atoms with Gasteiger partial charge in [-0.2, -0.15) is 0 Å². The van der Waals surface area contributed by atoms with Crippen LogP contribution in [0.2, 0.25) is 0 Å². The Morgan fingerprint density at radius 1 is 1.40 bits per heavy atom. The highest BCUT2D eigenvalue weighted by atomic mass is 32.1. The highest BCUT2D eigenvalue weighted by Crippen LogP contribution is 2.18. The predicted molar refractivity (Wildman–Crippen MR) is 59.1 cm³/mol. The molecule has 1 N–H and O–H groups in total. The number of aliphatic carboxylic acids is 1. The lowest BCUT2D eigenvalue weighted by Gasteiger charge is -2.12. The molecular weight excluding hydrogens is 210 g/mol. The van der Waals surface area contributed by atoms with Crippen molar-refractivity contribution in [3.63, 3.8) is 0 Å². The summed E-state index contributed by atoms with van der Waals surface area (Å²) in [7, 11) is 0. The number of aromatic nitrogens is 1. The molecule has 0 amide bonds. The Morgan fingerprint density at radius 2 is 2.13 bits per heavy atom. The maximum atomic E-state index is 11.1. The third-order valence-electron chi connectivity index (χ3n) is 2.25. The van der Waals surface area contributed by atoms with Gasteiger partial charge in [0.1, 0.15) is 6.04 Å². The van der Waals surface area contributed by atoms with Crippen LogP contribution in [0.15, 0.2) is 42.0 Å². The second-order valence-electron chi connectivity index (χ2n) is 3.27. The van der Waals surface area contributed by atoms with E-state index in [4.69, 9.17) is 5.11 Å². The van der Waals surface area contributed by atoms with Crippen LogP contribution in [0.5, 0.6) is 0 Å². The first-order valence-corrected chi connectivity index (χ1v) is 5.53. The zero-order chi connectivity index (χ0) is 10.7. The second-order valence-corrected chi connectivity index (χ2v) is 4.30. The van der Waals surface area contributed by atoms with E-state index in [1.54, 1.807) is 28.3 Å². The van der Waals surface area contributed by atoms with E-state index in [1.165, 1.54) is 0 Å². The minimum atomic E-state index is -0.792. The maximum Gasteiger partial charge on any atom is 0.327 e. The smallest absolute Gasteiger partial charge is 0.327 e. The van der Waals surface area contributed by atoms with Crippen LogP contribution in [0, 0.1) is 0 Å². The van der Waals surface area contributed by atoms with Gasteiger partial charge in [0.25, 0.3) is 0 Å². The van der Waals surface area contributed by atoms with E-state index in [0.29, 0.717) is 6.42 Å². The van der Waals surface area contributed by atoms with E-state index in [1.807, 2.05) is 29.6 Å². The van der Waals surface area contributed by atoms with Gasteiger partial charge in [-0.1, -0.05) is 6.07 Å². The van der Waals surface area contributed by atoms with E-state index in [0.717, 1.165) is 4.88 Å². The lowest BCUT2D eigenvalue weighted by Crippen LogP contribution is -2.19. The third kappa shape index (κ3) is 2.27. The van der Waals surface area contributed by atoms with Crippen molar-refractivity contribution in [1.29, 1.82) is 0 Å². The summed E-state index contributed by atoms with van der Waals surface area (Å²) in [4.78, 5) is 12.2. The molecule has 4 heteroatoms. The zero-order valence-electron chi connectivity index (χ0n) is 8.04. The van der Waals surface area contributed by atoms with Crippen molar-refractivity contribution in [3.05, 3.63) is 46.9 Å². The van der Waals surface area contributed by atoms with Gasteiger partial charge in [-0.05, 0) is 23.6 Å². The minimum absolute atomic E-state index is 0.501. The molecule has 1 atom stereocenters. The SMILES string of the molecule is O=C(O)C(Cc1cccs1)n1cccc1. The fourth-order valence-corrected chi connectivity index (χ4v) is 2.24. The number of rotatable bonds is 4. The summed E-state index contributed by atoms with van der Waals surface area (Å²) in [5.74, 6) is -0.792. The molecule has 0 aliphatic carbocycles. The largest absolute Gasteiger partial charge is 0.480 e. The summed E-state index contributed by atoms with van der Waals surface area (Å²) in [6, 6.07) is 7.08. The van der Waals surface area contributed by atoms with Gasteiger partial charge in [-0.15, -0.1) is 11.3 Å². The molecule has 3 nitrogen and oxygen atoms in total. The van der Waals surface area contributed by atoms with E-state index in [9.17, 15) is 4.79 Å². The molecule has 0 saturated carbocycles. The normalized spacial score (nSPS) is 12.5. The molecule has 1 unspecified atom stereocenters. The summed E-state index contributed by atoms with van der Waals surface area (Å²) in [5.41, 5.74) is 0. The first kappa shape index (κ1) is 9.98. The first-order valence-electron chi connectivity index (χ1n) is 4.65. The fourth-order valence-electron chi connectivity index (χ4n) is 1.50. The number of hydrogen-bond donors (Lipinski definition) is 1. The van der Waals surface area contributed by atoms with E-state index < -0.39 is 12.0 Å². The number of carboxylic acid groups (broad SMARTS) is 1. The Kier molecular flexibility index (Phi) is 2.87. The summed E-state index contributed by atoms with van der Waals surface area (Å²) >= 11 is 1.59. The molecule has 0 bridgehead atoms. The van der Waals surface area contributed by atoms with Gasteiger partial charge >= 0.3 is 5.97 Å². The molecule has 0 spiro atoms. The summed E-state index contributed by atoms with van der Waals surface area (Å²) in [5, 5.41) is 11.1. The molecule has 2 aromatic heterocycles. The van der Waals surface area contributed by atoms with Gasteiger partial charge in [0.15, 0.2) is 0 Å². The highest BCUT2D eigenvalue weighted by molar-refractivity contribution is 7.09. The van der Waals surface area contributed by atoms with Gasteiger partial charge in [0.2, 0.25) is 0 Å². The quantitative estimate of drug-likeness (QED) is 0.861. The van der Waals surface area contributed by atoms with Crippen molar-refractivity contribution in [2.24, 2.45) is 0 Å². The summed E-state index contributed by atoms with van der Waals surface area (Å²) < 4.78 is 1.72. The lowest BCUT2D eigenvalue weighted by atomic mass is 10.2. The molecule has 2 rings (SSSR count). The van der Waals surface area contributed by atoms with Gasteiger partial charge in [-0.3, -0.25) is 0 Å². The van der Waals surface area contributed by atoms with Crippen molar-refractivity contribution in [2.45, 2.75) is 12.5 Å². The lowest BCUT2D eigenvalue weighted by molar-refractivity contribution is -0.140. The molecular formula is C11H11NO2S. The van der Waals surface area contributed by atoms with Gasteiger partial charge in [0.05, 0.1) is 0 Å². The van der Waals surface area contributed by atoms with Crippen LogP contribution in [-0.2, 0) is 11.2 Å². The van der Waals surface area contributed by atoms with Gasteiger partial charge in [-0.25, -0.2) is 4.79 Å². The average molecular weight is 221 g/mol. The molecule has 0 radical (unpaired) electrons. The van der Waals surface area contributed by atoms with Crippen molar-refractivity contribution in [3.8, 4) is 0 Å². The summed E-state index contributed by atoms with van der Waals surface area (Å²) in [6.45, 7) is 0. The molecule has 15 heavy (non-hydrogen) atoms. The highest BCUT2D eigenvalue weighted by Gasteiger charge is 2.19. The first-order chi connectivity index (χ1) is 7.27. The van der Waals surface area contributed by atoms with E-state index >= 15 is 0 Å². The number of nitrogens with zero attached hydrogens (tertiary/aromatic N) is 1. The topological polar surface area (TPSA) is 42.2 Å². The molecule has 0 saturated heterocycles. The Bertz CT molecular complexity index is 419. The molecule has 0 aliphatic rings. The molecule has 2 aromatic rings. The molecule has 2 heterocycles.